The SMILES string of the molecule is Cc1n[nH]c(C)c1-c1nnc(Cc2ccc(Cl)c(Oc3cc(Cl)cc(C#N)c3)c2F)o1. The normalized spacial score (nSPS) is 10.8. The number of nitrogens with zero attached hydrogens (tertiary/aromatic N) is 4. The van der Waals surface area contributed by atoms with E-state index in [0.29, 0.717) is 11.5 Å². The van der Waals surface area contributed by atoms with Gasteiger partial charge in [-0.25, -0.2) is 4.39 Å². The number of nitriles is 1. The number of aryl methyl sites for hydroxylation is 2. The molecule has 0 spiro atoms. The number of hydrogen-bond acceptors (Lipinski definition) is 6. The van der Waals surface area contributed by atoms with E-state index in [4.69, 9.17) is 37.6 Å². The molecule has 4 rings (SSSR count). The summed E-state index contributed by atoms with van der Waals surface area (Å²) in [4.78, 5) is 0. The highest BCUT2D eigenvalue weighted by Crippen LogP contribution is 2.36. The summed E-state index contributed by atoms with van der Waals surface area (Å²) in [5, 5.41) is 24.4. The van der Waals surface area contributed by atoms with E-state index < -0.39 is 5.82 Å². The van der Waals surface area contributed by atoms with E-state index in [9.17, 15) is 0 Å². The van der Waals surface area contributed by atoms with Crippen molar-refractivity contribution in [2.45, 2.75) is 20.3 Å². The van der Waals surface area contributed by atoms with E-state index in [1.165, 1.54) is 30.3 Å². The summed E-state index contributed by atoms with van der Waals surface area (Å²) < 4.78 is 26.5. The van der Waals surface area contributed by atoms with Crippen LogP contribution in [0.2, 0.25) is 10.0 Å². The Morgan fingerprint density at radius 3 is 2.71 bits per heavy atom. The minimum absolute atomic E-state index is 0.0291. The number of ether oxygens (including phenoxy) is 1. The lowest BCUT2D eigenvalue weighted by molar-refractivity contribution is 0.437. The molecular weight excluding hydrogens is 444 g/mol. The van der Waals surface area contributed by atoms with Gasteiger partial charge in [0.2, 0.25) is 5.89 Å². The molecule has 31 heavy (non-hydrogen) atoms. The monoisotopic (exact) mass is 457 g/mol. The first-order chi connectivity index (χ1) is 14.9. The average molecular weight is 458 g/mol. The maximum Gasteiger partial charge on any atom is 0.251 e. The first-order valence-electron chi connectivity index (χ1n) is 9.05. The van der Waals surface area contributed by atoms with E-state index in [2.05, 4.69) is 20.4 Å². The van der Waals surface area contributed by atoms with Gasteiger partial charge in [0.25, 0.3) is 5.89 Å². The van der Waals surface area contributed by atoms with Crippen LogP contribution in [0.5, 0.6) is 11.5 Å². The van der Waals surface area contributed by atoms with Crippen LogP contribution in [0.4, 0.5) is 4.39 Å². The summed E-state index contributed by atoms with van der Waals surface area (Å²) in [6.07, 6.45) is 0.0291. The average Bonchev–Trinajstić information content (AvgIpc) is 3.32. The molecule has 0 aliphatic rings. The summed E-state index contributed by atoms with van der Waals surface area (Å²) >= 11 is 12.1. The smallest absolute Gasteiger partial charge is 0.251 e. The lowest BCUT2D eigenvalue weighted by atomic mass is 10.1. The zero-order chi connectivity index (χ0) is 22.1. The van der Waals surface area contributed by atoms with Crippen LogP contribution in [-0.4, -0.2) is 20.4 Å². The molecule has 0 saturated carbocycles. The molecule has 0 fully saturated rings. The number of nitrogens with one attached hydrogen (secondary N) is 1. The van der Waals surface area contributed by atoms with Gasteiger partial charge in [0.1, 0.15) is 5.75 Å². The van der Waals surface area contributed by atoms with Crippen LogP contribution in [0.15, 0.2) is 34.7 Å². The first-order valence-corrected chi connectivity index (χ1v) is 9.81. The van der Waals surface area contributed by atoms with E-state index in [0.717, 1.165) is 11.4 Å². The van der Waals surface area contributed by atoms with Gasteiger partial charge in [0.05, 0.1) is 34.3 Å². The molecule has 2 heterocycles. The Bertz CT molecular complexity index is 1310. The van der Waals surface area contributed by atoms with Crippen molar-refractivity contribution in [2.75, 3.05) is 0 Å². The molecule has 0 unspecified atom stereocenters. The van der Waals surface area contributed by atoms with Crippen LogP contribution < -0.4 is 4.74 Å². The van der Waals surface area contributed by atoms with E-state index in [1.807, 2.05) is 19.9 Å². The molecule has 0 aliphatic carbocycles. The Morgan fingerprint density at radius 2 is 2.00 bits per heavy atom. The van der Waals surface area contributed by atoms with Crippen molar-refractivity contribution in [1.82, 2.24) is 20.4 Å². The van der Waals surface area contributed by atoms with E-state index in [-0.39, 0.29) is 45.0 Å². The van der Waals surface area contributed by atoms with Gasteiger partial charge in [-0.2, -0.15) is 10.4 Å². The molecule has 156 valence electrons. The van der Waals surface area contributed by atoms with Gasteiger partial charge in [0.15, 0.2) is 11.6 Å². The third-order valence-corrected chi connectivity index (χ3v) is 5.02. The summed E-state index contributed by atoms with van der Waals surface area (Å²) in [7, 11) is 0. The van der Waals surface area contributed by atoms with Crippen LogP contribution in [0.1, 0.15) is 28.4 Å². The van der Waals surface area contributed by atoms with Gasteiger partial charge < -0.3 is 9.15 Å². The lowest BCUT2D eigenvalue weighted by Gasteiger charge is -2.11. The maximum atomic E-state index is 15.2. The molecule has 1 N–H and O–H groups in total. The third-order valence-electron chi connectivity index (χ3n) is 4.50. The van der Waals surface area contributed by atoms with Crippen molar-refractivity contribution in [2.24, 2.45) is 0 Å². The van der Waals surface area contributed by atoms with Crippen molar-refractivity contribution in [3.8, 4) is 29.0 Å². The summed E-state index contributed by atoms with van der Waals surface area (Å²) in [5.41, 5.74) is 2.75. The van der Waals surface area contributed by atoms with Crippen molar-refractivity contribution in [3.63, 3.8) is 0 Å². The van der Waals surface area contributed by atoms with Crippen molar-refractivity contribution in [1.29, 1.82) is 5.26 Å². The van der Waals surface area contributed by atoms with Crippen LogP contribution in [0.25, 0.3) is 11.5 Å². The molecular formula is C21H14Cl2FN5O2. The molecule has 2 aromatic carbocycles. The van der Waals surface area contributed by atoms with Crippen LogP contribution >= 0.6 is 23.2 Å². The summed E-state index contributed by atoms with van der Waals surface area (Å²) in [6, 6.07) is 9.36. The van der Waals surface area contributed by atoms with Crippen LogP contribution in [-0.2, 0) is 6.42 Å². The predicted molar refractivity (Wildman–Crippen MR) is 112 cm³/mol. The minimum atomic E-state index is -0.679. The fourth-order valence-electron chi connectivity index (χ4n) is 3.06. The number of rotatable bonds is 5. The standard InChI is InChI=1S/C21H14Cl2FN5O2/c1-10-18(11(2)27-26-10)21-29-28-17(31-21)7-13-3-4-16(23)20(19(13)24)30-15-6-12(9-25)5-14(22)8-15/h3-6,8H,7H2,1-2H3,(H,26,27). The Hall–Kier alpha value is -3.41. The number of hydrogen-bond donors (Lipinski definition) is 1. The number of aromatic nitrogens is 4. The molecule has 2 aromatic heterocycles. The number of H-pyrrole nitrogens is 1. The molecule has 10 heteroatoms. The molecule has 0 amide bonds. The topological polar surface area (TPSA) is 101 Å². The molecule has 0 aliphatic heterocycles. The van der Waals surface area contributed by atoms with Gasteiger partial charge in [0, 0.05) is 16.3 Å². The fourth-order valence-corrected chi connectivity index (χ4v) is 3.47. The van der Waals surface area contributed by atoms with Crippen molar-refractivity contribution >= 4 is 23.2 Å². The minimum Gasteiger partial charge on any atom is -0.453 e. The van der Waals surface area contributed by atoms with Crippen LogP contribution in [0.3, 0.4) is 0 Å². The number of halogens is 3. The van der Waals surface area contributed by atoms with Gasteiger partial charge in [-0.1, -0.05) is 29.3 Å². The highest BCUT2D eigenvalue weighted by atomic mass is 35.5. The summed E-state index contributed by atoms with van der Waals surface area (Å²) in [5.74, 6) is -0.162. The zero-order valence-corrected chi connectivity index (χ0v) is 17.8. The highest BCUT2D eigenvalue weighted by molar-refractivity contribution is 6.32. The Morgan fingerprint density at radius 1 is 1.19 bits per heavy atom. The fraction of sp³-hybridized carbons (Fsp3) is 0.143. The third kappa shape index (κ3) is 4.24. The largest absolute Gasteiger partial charge is 0.453 e. The highest BCUT2D eigenvalue weighted by Gasteiger charge is 2.20. The maximum absolute atomic E-state index is 15.2. The molecule has 0 atom stereocenters. The molecule has 0 radical (unpaired) electrons. The van der Waals surface area contributed by atoms with Gasteiger partial charge in [-0.15, -0.1) is 10.2 Å². The quantitative estimate of drug-likeness (QED) is 0.407. The van der Waals surface area contributed by atoms with E-state index >= 15 is 4.39 Å². The zero-order valence-electron chi connectivity index (χ0n) is 16.3. The Labute approximate surface area is 186 Å². The Balaban J connectivity index is 1.63. The molecule has 4 aromatic rings. The Kier molecular flexibility index (Phi) is 5.63. The van der Waals surface area contributed by atoms with Crippen molar-refractivity contribution in [3.05, 3.63) is 74.6 Å². The van der Waals surface area contributed by atoms with Gasteiger partial charge in [-0.05, 0) is 38.1 Å². The number of benzene rings is 2. The second-order valence-corrected chi connectivity index (χ2v) is 7.57. The van der Waals surface area contributed by atoms with E-state index in [1.54, 1.807) is 0 Å². The molecule has 7 nitrogen and oxygen atoms in total. The van der Waals surface area contributed by atoms with Crippen molar-refractivity contribution < 1.29 is 13.5 Å². The van der Waals surface area contributed by atoms with Gasteiger partial charge >= 0.3 is 0 Å². The van der Waals surface area contributed by atoms with Gasteiger partial charge in [-0.3, -0.25) is 5.10 Å². The number of aromatic amines is 1. The molecule has 0 bridgehead atoms. The first kappa shape index (κ1) is 20.8. The predicted octanol–water partition coefficient (Wildman–Crippen LogP) is 5.78. The molecule has 0 saturated heterocycles. The lowest BCUT2D eigenvalue weighted by Crippen LogP contribution is -1.98. The second-order valence-electron chi connectivity index (χ2n) is 6.73. The summed E-state index contributed by atoms with van der Waals surface area (Å²) in [6.45, 7) is 3.66. The second kappa shape index (κ2) is 8.38. The van der Waals surface area contributed by atoms with Crippen LogP contribution in [0, 0.1) is 31.0 Å².